The summed E-state index contributed by atoms with van der Waals surface area (Å²) in [6, 6.07) is 0.137. The van der Waals surface area contributed by atoms with E-state index < -0.39 is 10.8 Å². The summed E-state index contributed by atoms with van der Waals surface area (Å²) in [7, 11) is 1.67. The molecule has 0 spiro atoms. The number of nitrogens with zero attached hydrogens (tertiary/aromatic N) is 3. The molecule has 2 rings (SSSR count). The van der Waals surface area contributed by atoms with Crippen LogP contribution in [0.5, 0.6) is 0 Å². The molecule has 0 unspecified atom stereocenters. The van der Waals surface area contributed by atoms with Crippen molar-refractivity contribution >= 4 is 11.6 Å². The van der Waals surface area contributed by atoms with Gasteiger partial charge in [0.15, 0.2) is 0 Å². The Labute approximate surface area is 110 Å². The minimum absolute atomic E-state index is 0.0606. The van der Waals surface area contributed by atoms with Crippen LogP contribution in [0.2, 0.25) is 0 Å². The Hall–Kier alpha value is -1.92. The topological polar surface area (TPSA) is 89.5 Å². The second-order valence-corrected chi connectivity index (χ2v) is 4.90. The summed E-state index contributed by atoms with van der Waals surface area (Å²) in [6.45, 7) is 1.43. The predicted octanol–water partition coefficient (Wildman–Crippen LogP) is 2.30. The van der Waals surface area contributed by atoms with Crippen LogP contribution in [-0.2, 0) is 0 Å². The third-order valence-electron chi connectivity index (χ3n) is 3.66. The average Bonchev–Trinajstić information content (AvgIpc) is 2.80. The molecule has 1 heterocycles. The molecule has 1 aliphatic carbocycles. The maximum absolute atomic E-state index is 12.3. The number of amides is 1. The number of nitro groups is 1. The van der Waals surface area contributed by atoms with Crippen molar-refractivity contribution in [3.63, 3.8) is 0 Å². The molecule has 104 valence electrons. The quantitative estimate of drug-likeness (QED) is 0.619. The van der Waals surface area contributed by atoms with Crippen molar-refractivity contribution in [2.45, 2.75) is 45.1 Å². The van der Waals surface area contributed by atoms with Crippen LogP contribution >= 0.6 is 0 Å². The van der Waals surface area contributed by atoms with Crippen LogP contribution in [0.15, 0.2) is 4.52 Å². The summed E-state index contributed by atoms with van der Waals surface area (Å²) in [4.78, 5) is 24.2. The van der Waals surface area contributed by atoms with Crippen LogP contribution in [0.3, 0.4) is 0 Å². The number of carbonyl (C=O) groups is 1. The van der Waals surface area contributed by atoms with Crippen LogP contribution in [0.25, 0.3) is 0 Å². The molecule has 1 saturated carbocycles. The Morgan fingerprint density at radius 1 is 1.42 bits per heavy atom. The van der Waals surface area contributed by atoms with Crippen LogP contribution in [0.1, 0.15) is 48.4 Å². The van der Waals surface area contributed by atoms with Gasteiger partial charge >= 0.3 is 5.69 Å². The van der Waals surface area contributed by atoms with Gasteiger partial charge in [0.25, 0.3) is 5.91 Å². The zero-order chi connectivity index (χ0) is 14.0. The Morgan fingerprint density at radius 2 is 2.05 bits per heavy atom. The highest BCUT2D eigenvalue weighted by Crippen LogP contribution is 2.27. The number of hydrogen-bond acceptors (Lipinski definition) is 5. The monoisotopic (exact) mass is 267 g/mol. The lowest BCUT2D eigenvalue weighted by molar-refractivity contribution is -0.386. The van der Waals surface area contributed by atoms with Gasteiger partial charge in [0.1, 0.15) is 0 Å². The van der Waals surface area contributed by atoms with Crippen molar-refractivity contribution < 1.29 is 14.2 Å². The van der Waals surface area contributed by atoms with Crippen molar-refractivity contribution in [3.8, 4) is 0 Å². The highest BCUT2D eigenvalue weighted by atomic mass is 16.6. The van der Waals surface area contributed by atoms with Crippen molar-refractivity contribution in [1.82, 2.24) is 10.1 Å². The van der Waals surface area contributed by atoms with E-state index in [9.17, 15) is 14.9 Å². The summed E-state index contributed by atoms with van der Waals surface area (Å²) in [5, 5.41) is 14.5. The van der Waals surface area contributed by atoms with E-state index in [2.05, 4.69) is 5.16 Å². The number of aryl methyl sites for hydroxylation is 1. The first kappa shape index (κ1) is 13.5. The third-order valence-corrected chi connectivity index (χ3v) is 3.66. The SMILES string of the molecule is Cc1onc(C(=O)N(C)C2CCCCC2)c1[N+](=O)[O-]. The van der Waals surface area contributed by atoms with Crippen molar-refractivity contribution in [3.05, 3.63) is 21.6 Å². The van der Waals surface area contributed by atoms with E-state index in [1.165, 1.54) is 13.3 Å². The third kappa shape index (κ3) is 2.59. The van der Waals surface area contributed by atoms with Gasteiger partial charge in [-0.3, -0.25) is 14.9 Å². The average molecular weight is 267 g/mol. The number of hydrogen-bond donors (Lipinski definition) is 0. The molecular weight excluding hydrogens is 250 g/mol. The fraction of sp³-hybridized carbons (Fsp3) is 0.667. The van der Waals surface area contributed by atoms with E-state index in [4.69, 9.17) is 4.52 Å². The molecule has 0 atom stereocenters. The molecule has 0 bridgehead atoms. The van der Waals surface area contributed by atoms with Gasteiger partial charge in [0, 0.05) is 20.0 Å². The van der Waals surface area contributed by atoms with E-state index in [1.54, 1.807) is 11.9 Å². The van der Waals surface area contributed by atoms with Gasteiger partial charge in [-0.2, -0.15) is 0 Å². The largest absolute Gasteiger partial charge is 0.353 e. The Morgan fingerprint density at radius 3 is 2.63 bits per heavy atom. The Bertz CT molecular complexity index is 491. The molecule has 1 aliphatic rings. The second-order valence-electron chi connectivity index (χ2n) is 4.90. The van der Waals surface area contributed by atoms with Crippen molar-refractivity contribution in [2.75, 3.05) is 7.05 Å². The highest BCUT2D eigenvalue weighted by molar-refractivity contribution is 5.96. The van der Waals surface area contributed by atoms with Gasteiger partial charge in [-0.05, 0) is 12.8 Å². The number of carbonyl (C=O) groups excluding carboxylic acids is 1. The number of aromatic nitrogens is 1. The van der Waals surface area contributed by atoms with Gasteiger partial charge in [-0.1, -0.05) is 24.4 Å². The molecule has 1 aromatic heterocycles. The van der Waals surface area contributed by atoms with Crippen molar-refractivity contribution in [2.24, 2.45) is 0 Å². The summed E-state index contributed by atoms with van der Waals surface area (Å²) >= 11 is 0. The maximum atomic E-state index is 12.3. The van der Waals surface area contributed by atoms with Gasteiger partial charge in [0.05, 0.1) is 4.92 Å². The summed E-state index contributed by atoms with van der Waals surface area (Å²) in [5.41, 5.74) is -0.525. The van der Waals surface area contributed by atoms with Gasteiger partial charge < -0.3 is 9.42 Å². The van der Waals surface area contributed by atoms with E-state index in [-0.39, 0.29) is 23.2 Å². The standard InChI is InChI=1S/C12H17N3O4/c1-8-11(15(17)18)10(13-19-8)12(16)14(2)9-6-4-3-5-7-9/h9H,3-7H2,1-2H3. The summed E-state index contributed by atoms with van der Waals surface area (Å²) in [6.07, 6.45) is 5.23. The minimum Gasteiger partial charge on any atom is -0.353 e. The highest BCUT2D eigenvalue weighted by Gasteiger charge is 2.33. The molecule has 19 heavy (non-hydrogen) atoms. The van der Waals surface area contributed by atoms with Crippen LogP contribution in [0.4, 0.5) is 5.69 Å². The number of rotatable bonds is 3. The molecule has 0 N–H and O–H groups in total. The smallest absolute Gasteiger partial charge is 0.344 e. The fourth-order valence-electron chi connectivity index (χ4n) is 2.52. The molecule has 0 aromatic carbocycles. The van der Waals surface area contributed by atoms with Crippen LogP contribution < -0.4 is 0 Å². The minimum atomic E-state index is -0.617. The van der Waals surface area contributed by atoms with Gasteiger partial charge in [-0.25, -0.2) is 0 Å². The fourth-order valence-corrected chi connectivity index (χ4v) is 2.52. The van der Waals surface area contributed by atoms with E-state index in [0.29, 0.717) is 0 Å². The first-order chi connectivity index (χ1) is 9.02. The Balaban J connectivity index is 2.21. The lowest BCUT2D eigenvalue weighted by Crippen LogP contribution is -2.38. The van der Waals surface area contributed by atoms with Gasteiger partial charge in [-0.15, -0.1) is 0 Å². The molecule has 1 aromatic rings. The molecule has 0 aliphatic heterocycles. The lowest BCUT2D eigenvalue weighted by Gasteiger charge is -2.30. The summed E-state index contributed by atoms with van der Waals surface area (Å²) in [5.74, 6) is -0.374. The van der Waals surface area contributed by atoms with E-state index in [0.717, 1.165) is 25.7 Å². The molecule has 1 fully saturated rings. The van der Waals surface area contributed by atoms with Crippen LogP contribution in [-0.4, -0.2) is 34.0 Å². The Kier molecular flexibility index (Phi) is 3.82. The van der Waals surface area contributed by atoms with E-state index in [1.807, 2.05) is 0 Å². The molecule has 7 heteroatoms. The van der Waals surface area contributed by atoms with Gasteiger partial charge in [0.2, 0.25) is 11.5 Å². The molecule has 0 radical (unpaired) electrons. The maximum Gasteiger partial charge on any atom is 0.344 e. The molecule has 1 amide bonds. The second kappa shape index (κ2) is 5.38. The zero-order valence-corrected chi connectivity index (χ0v) is 11.1. The zero-order valence-electron chi connectivity index (χ0n) is 11.1. The summed E-state index contributed by atoms with van der Waals surface area (Å²) < 4.78 is 4.78. The normalized spacial score (nSPS) is 16.3. The molecule has 0 saturated heterocycles. The predicted molar refractivity (Wildman–Crippen MR) is 66.9 cm³/mol. The first-order valence-electron chi connectivity index (χ1n) is 6.40. The molecule has 7 nitrogen and oxygen atoms in total. The first-order valence-corrected chi connectivity index (χ1v) is 6.40. The molecular formula is C12H17N3O4. The van der Waals surface area contributed by atoms with E-state index >= 15 is 0 Å². The van der Waals surface area contributed by atoms with Crippen molar-refractivity contribution in [1.29, 1.82) is 0 Å². The van der Waals surface area contributed by atoms with Crippen LogP contribution in [0, 0.1) is 17.0 Å². The lowest BCUT2D eigenvalue weighted by atomic mass is 9.94.